The minimum absolute atomic E-state index is 0.00452. The van der Waals surface area contributed by atoms with Gasteiger partial charge >= 0.3 is 5.97 Å². The third kappa shape index (κ3) is 6.00. The molecule has 7 nitrogen and oxygen atoms in total. The van der Waals surface area contributed by atoms with Crippen LogP contribution < -0.4 is 0 Å². The number of ether oxygens (including phenoxy) is 1. The second kappa shape index (κ2) is 10.9. The van der Waals surface area contributed by atoms with E-state index in [1.54, 1.807) is 0 Å². The fourth-order valence-electron chi connectivity index (χ4n) is 3.88. The average molecular weight is 497 g/mol. The Morgan fingerprint density at radius 3 is 2.26 bits per heavy atom. The zero-order chi connectivity index (χ0) is 24.8. The number of halogens is 1. The molecule has 3 aromatic rings. The van der Waals surface area contributed by atoms with Crippen LogP contribution in [0.3, 0.4) is 0 Å². The van der Waals surface area contributed by atoms with Crippen LogP contribution in [0.2, 0.25) is 0 Å². The molecule has 0 aliphatic carbocycles. The SMILES string of the molecule is O=C(OCC(=O)c1ccccc1F)c1cccc(S(=O)(=O)N2CCN(Cc3ccccc3)CC2)c1. The van der Waals surface area contributed by atoms with Crippen molar-refractivity contribution in [2.24, 2.45) is 0 Å². The van der Waals surface area contributed by atoms with E-state index < -0.39 is 34.2 Å². The van der Waals surface area contributed by atoms with Crippen molar-refractivity contribution in [3.8, 4) is 0 Å². The lowest BCUT2D eigenvalue weighted by Crippen LogP contribution is -2.48. The molecule has 9 heteroatoms. The molecule has 0 N–H and O–H groups in total. The standard InChI is InChI=1S/C26H25FN2O5S/c27-24-12-5-4-11-23(24)25(30)19-34-26(31)21-9-6-10-22(17-21)35(32,33)29-15-13-28(14-16-29)18-20-7-2-1-3-8-20/h1-12,17H,13-16,18-19H2. The summed E-state index contributed by atoms with van der Waals surface area (Å²) in [5, 5.41) is 0. The van der Waals surface area contributed by atoms with Gasteiger partial charge in [0, 0.05) is 32.7 Å². The minimum Gasteiger partial charge on any atom is -0.454 e. The Morgan fingerprint density at radius 1 is 0.857 bits per heavy atom. The number of benzene rings is 3. The van der Waals surface area contributed by atoms with Crippen molar-refractivity contribution in [2.75, 3.05) is 32.8 Å². The second-order valence-electron chi connectivity index (χ2n) is 8.17. The molecule has 0 spiro atoms. The molecule has 3 aromatic carbocycles. The molecule has 0 saturated carbocycles. The highest BCUT2D eigenvalue weighted by atomic mass is 32.2. The summed E-state index contributed by atoms with van der Waals surface area (Å²) in [5.74, 6) is -2.25. The molecular formula is C26H25FN2O5S. The quantitative estimate of drug-likeness (QED) is 0.351. The Morgan fingerprint density at radius 2 is 1.54 bits per heavy atom. The van der Waals surface area contributed by atoms with Gasteiger partial charge in [-0.3, -0.25) is 9.69 Å². The second-order valence-corrected chi connectivity index (χ2v) is 10.1. The summed E-state index contributed by atoms with van der Waals surface area (Å²) >= 11 is 0. The van der Waals surface area contributed by atoms with Crippen molar-refractivity contribution < 1.29 is 27.1 Å². The molecule has 1 aliphatic rings. The maximum Gasteiger partial charge on any atom is 0.338 e. The van der Waals surface area contributed by atoms with Crippen molar-refractivity contribution in [1.82, 2.24) is 9.21 Å². The van der Waals surface area contributed by atoms with Gasteiger partial charge in [-0.1, -0.05) is 48.5 Å². The maximum absolute atomic E-state index is 13.7. The molecule has 0 atom stereocenters. The predicted molar refractivity (Wildman–Crippen MR) is 128 cm³/mol. The van der Waals surface area contributed by atoms with Gasteiger partial charge in [0.15, 0.2) is 6.61 Å². The van der Waals surface area contributed by atoms with Crippen LogP contribution in [0.5, 0.6) is 0 Å². The lowest BCUT2D eigenvalue weighted by Gasteiger charge is -2.34. The number of piperazine rings is 1. The molecule has 182 valence electrons. The van der Waals surface area contributed by atoms with E-state index in [2.05, 4.69) is 4.90 Å². The molecule has 1 fully saturated rings. The van der Waals surface area contributed by atoms with Crippen LogP contribution in [0.1, 0.15) is 26.3 Å². The van der Waals surface area contributed by atoms with Gasteiger partial charge in [0.05, 0.1) is 16.0 Å². The first-order valence-corrected chi connectivity index (χ1v) is 12.6. The van der Waals surface area contributed by atoms with Crippen molar-refractivity contribution in [3.05, 3.63) is 101 Å². The Kier molecular flexibility index (Phi) is 7.70. The molecule has 4 rings (SSSR count). The zero-order valence-electron chi connectivity index (χ0n) is 19.0. The molecule has 0 radical (unpaired) electrons. The summed E-state index contributed by atoms with van der Waals surface area (Å²) in [7, 11) is -3.81. The van der Waals surface area contributed by atoms with Gasteiger partial charge in [-0.25, -0.2) is 17.6 Å². The molecule has 1 heterocycles. The Balaban J connectivity index is 1.37. The number of carbonyl (C=O) groups excluding carboxylic acids is 2. The highest BCUT2D eigenvalue weighted by molar-refractivity contribution is 7.89. The van der Waals surface area contributed by atoms with Crippen molar-refractivity contribution in [2.45, 2.75) is 11.4 Å². The molecule has 35 heavy (non-hydrogen) atoms. The first kappa shape index (κ1) is 24.7. The van der Waals surface area contributed by atoms with E-state index in [4.69, 9.17) is 4.74 Å². The summed E-state index contributed by atoms with van der Waals surface area (Å²) in [4.78, 5) is 26.8. The predicted octanol–water partition coefficient (Wildman–Crippen LogP) is 3.37. The van der Waals surface area contributed by atoms with Crippen LogP contribution in [-0.2, 0) is 21.3 Å². The average Bonchev–Trinajstić information content (AvgIpc) is 2.88. The van der Waals surface area contributed by atoms with Gasteiger partial charge < -0.3 is 4.74 Å². The molecule has 0 bridgehead atoms. The number of hydrogen-bond acceptors (Lipinski definition) is 6. The Bertz CT molecular complexity index is 1310. The lowest BCUT2D eigenvalue weighted by atomic mass is 10.1. The van der Waals surface area contributed by atoms with E-state index in [0.717, 1.165) is 12.6 Å². The fourth-order valence-corrected chi connectivity index (χ4v) is 5.35. The monoisotopic (exact) mass is 496 g/mol. The lowest BCUT2D eigenvalue weighted by molar-refractivity contribution is 0.0473. The largest absolute Gasteiger partial charge is 0.454 e. The Labute approximate surface area is 203 Å². The van der Waals surface area contributed by atoms with E-state index in [0.29, 0.717) is 26.2 Å². The van der Waals surface area contributed by atoms with Gasteiger partial charge in [-0.05, 0) is 35.9 Å². The van der Waals surface area contributed by atoms with E-state index in [-0.39, 0.29) is 16.0 Å². The topological polar surface area (TPSA) is 84.0 Å². The molecule has 0 unspecified atom stereocenters. The van der Waals surface area contributed by atoms with Crippen LogP contribution >= 0.6 is 0 Å². The van der Waals surface area contributed by atoms with Crippen molar-refractivity contribution in [1.29, 1.82) is 0 Å². The maximum atomic E-state index is 13.7. The number of sulfonamides is 1. The summed E-state index contributed by atoms with van der Waals surface area (Å²) in [6.45, 7) is 1.95. The fraction of sp³-hybridized carbons (Fsp3) is 0.231. The van der Waals surface area contributed by atoms with Crippen LogP contribution in [-0.4, -0.2) is 62.2 Å². The summed E-state index contributed by atoms with van der Waals surface area (Å²) in [6, 6.07) is 20.9. The van der Waals surface area contributed by atoms with Crippen LogP contribution in [0.4, 0.5) is 4.39 Å². The number of Topliss-reactive ketones (excluding diaryl/α,β-unsaturated/α-hetero) is 1. The number of nitrogens with zero attached hydrogens (tertiary/aromatic N) is 2. The van der Waals surface area contributed by atoms with Gasteiger partial charge in [0.2, 0.25) is 15.8 Å². The highest BCUT2D eigenvalue weighted by Gasteiger charge is 2.29. The number of ketones is 1. The molecule has 0 amide bonds. The number of carbonyl (C=O) groups is 2. The normalized spacial score (nSPS) is 15.0. The molecule has 0 aromatic heterocycles. The summed E-state index contributed by atoms with van der Waals surface area (Å²) in [6.07, 6.45) is 0. The zero-order valence-corrected chi connectivity index (χ0v) is 19.8. The highest BCUT2D eigenvalue weighted by Crippen LogP contribution is 2.20. The van der Waals surface area contributed by atoms with Gasteiger partial charge in [-0.15, -0.1) is 0 Å². The minimum atomic E-state index is -3.81. The van der Waals surface area contributed by atoms with E-state index in [9.17, 15) is 22.4 Å². The molecule has 1 saturated heterocycles. The van der Waals surface area contributed by atoms with E-state index >= 15 is 0 Å². The van der Waals surface area contributed by atoms with Gasteiger partial charge in [0.25, 0.3) is 0 Å². The van der Waals surface area contributed by atoms with E-state index in [1.807, 2.05) is 30.3 Å². The van der Waals surface area contributed by atoms with Crippen LogP contribution in [0.15, 0.2) is 83.8 Å². The van der Waals surface area contributed by atoms with Crippen molar-refractivity contribution in [3.63, 3.8) is 0 Å². The first-order valence-electron chi connectivity index (χ1n) is 11.2. The van der Waals surface area contributed by atoms with Gasteiger partial charge in [-0.2, -0.15) is 4.31 Å². The third-order valence-electron chi connectivity index (χ3n) is 5.80. The molecule has 1 aliphatic heterocycles. The summed E-state index contributed by atoms with van der Waals surface area (Å²) in [5.41, 5.74) is 0.988. The third-order valence-corrected chi connectivity index (χ3v) is 7.69. The smallest absolute Gasteiger partial charge is 0.338 e. The number of esters is 1. The molecular weight excluding hydrogens is 471 g/mol. The number of rotatable bonds is 8. The van der Waals surface area contributed by atoms with Crippen LogP contribution in [0, 0.1) is 5.82 Å². The first-order chi connectivity index (χ1) is 16.8. The van der Waals surface area contributed by atoms with Crippen LogP contribution in [0.25, 0.3) is 0 Å². The van der Waals surface area contributed by atoms with E-state index in [1.165, 1.54) is 52.3 Å². The summed E-state index contributed by atoms with van der Waals surface area (Å²) < 4.78 is 46.5. The number of hydrogen-bond donors (Lipinski definition) is 0. The van der Waals surface area contributed by atoms with Gasteiger partial charge in [0.1, 0.15) is 5.82 Å². The van der Waals surface area contributed by atoms with Crippen molar-refractivity contribution >= 4 is 21.8 Å². The Hall–Kier alpha value is -3.40.